The number of para-hydroxylation sites is 2. The third-order valence-corrected chi connectivity index (χ3v) is 6.60. The molecule has 3 aromatic rings. The van der Waals surface area contributed by atoms with E-state index < -0.39 is 10.0 Å². The second-order valence-corrected chi connectivity index (χ2v) is 8.71. The van der Waals surface area contributed by atoms with Crippen molar-refractivity contribution >= 4 is 21.1 Å². The maximum absolute atomic E-state index is 12.8. The zero-order chi connectivity index (χ0) is 18.1. The normalized spacial score (nSPS) is 19.2. The van der Waals surface area contributed by atoms with Crippen molar-refractivity contribution in [1.29, 1.82) is 0 Å². The van der Waals surface area contributed by atoms with Crippen LogP contribution in [0.15, 0.2) is 35.1 Å². The van der Waals surface area contributed by atoms with Gasteiger partial charge in [0.05, 0.1) is 29.0 Å². The third kappa shape index (κ3) is 3.36. The van der Waals surface area contributed by atoms with Gasteiger partial charge < -0.3 is 9.09 Å². The fourth-order valence-electron chi connectivity index (χ4n) is 3.41. The quantitative estimate of drug-likeness (QED) is 0.676. The van der Waals surface area contributed by atoms with Crippen LogP contribution in [0, 0.1) is 6.92 Å². The Balaban J connectivity index is 1.46. The van der Waals surface area contributed by atoms with Crippen LogP contribution in [0.2, 0.25) is 0 Å². The summed E-state index contributed by atoms with van der Waals surface area (Å²) in [6.45, 7) is 3.08. The van der Waals surface area contributed by atoms with E-state index in [1.807, 2.05) is 28.8 Å². The fourth-order valence-corrected chi connectivity index (χ4v) is 4.91. The number of hydrogen-bond donors (Lipinski definition) is 0. The van der Waals surface area contributed by atoms with Gasteiger partial charge in [0.2, 0.25) is 15.9 Å². The van der Waals surface area contributed by atoms with Crippen LogP contribution in [-0.2, 0) is 16.6 Å². The Morgan fingerprint density at radius 3 is 2.96 bits per heavy atom. The Kier molecular flexibility index (Phi) is 4.49. The minimum absolute atomic E-state index is 0.0335. The van der Waals surface area contributed by atoms with Gasteiger partial charge in [-0.15, -0.1) is 0 Å². The van der Waals surface area contributed by atoms with Crippen molar-refractivity contribution in [1.82, 2.24) is 24.0 Å². The number of piperidine rings is 1. The van der Waals surface area contributed by atoms with E-state index in [-0.39, 0.29) is 11.7 Å². The molecule has 1 aliphatic rings. The summed E-state index contributed by atoms with van der Waals surface area (Å²) >= 11 is 0. The standard InChI is InChI=1S/C17H21N5O3S/c1-13-19-17(25-20-13)14-5-4-8-22(11-14)26(23,24)10-9-21-12-18-15-6-2-3-7-16(15)21/h2-3,6-7,12,14H,4-5,8-11H2,1H3/t14-/m1/s1. The molecule has 0 amide bonds. The van der Waals surface area contributed by atoms with Gasteiger partial charge in [0, 0.05) is 19.6 Å². The average molecular weight is 375 g/mol. The van der Waals surface area contributed by atoms with Gasteiger partial charge in [0.25, 0.3) is 0 Å². The minimum Gasteiger partial charge on any atom is -0.339 e. The lowest BCUT2D eigenvalue weighted by atomic mass is 10.00. The molecule has 9 heteroatoms. The number of imidazole rings is 1. The Labute approximate surface area is 151 Å². The number of aromatic nitrogens is 4. The number of rotatable bonds is 5. The molecule has 26 heavy (non-hydrogen) atoms. The highest BCUT2D eigenvalue weighted by atomic mass is 32.2. The first-order chi connectivity index (χ1) is 12.5. The van der Waals surface area contributed by atoms with E-state index in [0.29, 0.717) is 31.3 Å². The maximum atomic E-state index is 12.8. The zero-order valence-corrected chi connectivity index (χ0v) is 15.4. The van der Waals surface area contributed by atoms with Crippen molar-refractivity contribution < 1.29 is 12.9 Å². The Hall–Kier alpha value is -2.26. The second-order valence-electron chi connectivity index (χ2n) is 6.62. The third-order valence-electron chi connectivity index (χ3n) is 4.79. The van der Waals surface area contributed by atoms with Crippen LogP contribution in [0.1, 0.15) is 30.5 Å². The summed E-state index contributed by atoms with van der Waals surface area (Å²) in [6.07, 6.45) is 3.35. The van der Waals surface area contributed by atoms with Gasteiger partial charge in [-0.25, -0.2) is 17.7 Å². The smallest absolute Gasteiger partial charge is 0.231 e. The summed E-state index contributed by atoms with van der Waals surface area (Å²) in [5.41, 5.74) is 1.82. The summed E-state index contributed by atoms with van der Waals surface area (Å²) in [5.74, 6) is 1.12. The summed E-state index contributed by atoms with van der Waals surface area (Å²) < 4.78 is 34.3. The largest absolute Gasteiger partial charge is 0.339 e. The molecule has 0 N–H and O–H groups in total. The van der Waals surface area contributed by atoms with E-state index in [2.05, 4.69) is 15.1 Å². The first kappa shape index (κ1) is 17.2. The van der Waals surface area contributed by atoms with Crippen molar-refractivity contribution in [3.63, 3.8) is 0 Å². The van der Waals surface area contributed by atoms with Gasteiger partial charge in [-0.3, -0.25) is 0 Å². The number of sulfonamides is 1. The first-order valence-corrected chi connectivity index (χ1v) is 10.3. The molecule has 2 aromatic heterocycles. The lowest BCUT2D eigenvalue weighted by molar-refractivity contribution is 0.265. The molecule has 0 unspecified atom stereocenters. The van der Waals surface area contributed by atoms with E-state index in [1.165, 1.54) is 0 Å². The molecular formula is C17H21N5O3S. The number of fused-ring (bicyclic) bond motifs is 1. The van der Waals surface area contributed by atoms with E-state index in [9.17, 15) is 8.42 Å². The molecule has 1 atom stereocenters. The van der Waals surface area contributed by atoms with Crippen molar-refractivity contribution in [3.8, 4) is 0 Å². The molecule has 0 radical (unpaired) electrons. The van der Waals surface area contributed by atoms with E-state index in [0.717, 1.165) is 23.9 Å². The van der Waals surface area contributed by atoms with E-state index in [1.54, 1.807) is 17.6 Å². The summed E-state index contributed by atoms with van der Waals surface area (Å²) in [7, 11) is -3.37. The molecule has 0 saturated carbocycles. The highest BCUT2D eigenvalue weighted by Crippen LogP contribution is 2.27. The molecule has 0 spiro atoms. The van der Waals surface area contributed by atoms with E-state index >= 15 is 0 Å². The molecule has 1 fully saturated rings. The molecule has 1 aromatic carbocycles. The predicted molar refractivity (Wildman–Crippen MR) is 96.1 cm³/mol. The van der Waals surface area contributed by atoms with Crippen molar-refractivity contribution in [2.24, 2.45) is 0 Å². The maximum Gasteiger partial charge on any atom is 0.231 e. The van der Waals surface area contributed by atoms with Crippen LogP contribution < -0.4 is 0 Å². The first-order valence-electron chi connectivity index (χ1n) is 8.71. The molecule has 0 aliphatic carbocycles. The zero-order valence-electron chi connectivity index (χ0n) is 14.6. The number of hydrogen-bond acceptors (Lipinski definition) is 6. The molecule has 1 saturated heterocycles. The number of benzene rings is 1. The molecule has 8 nitrogen and oxygen atoms in total. The van der Waals surface area contributed by atoms with Crippen LogP contribution in [0.25, 0.3) is 11.0 Å². The minimum atomic E-state index is -3.37. The van der Waals surface area contributed by atoms with Gasteiger partial charge >= 0.3 is 0 Å². The highest BCUT2D eigenvalue weighted by Gasteiger charge is 2.32. The van der Waals surface area contributed by atoms with E-state index in [4.69, 9.17) is 4.52 Å². The van der Waals surface area contributed by atoms with Gasteiger partial charge in [0.1, 0.15) is 0 Å². The van der Waals surface area contributed by atoms with Crippen molar-refractivity contribution in [3.05, 3.63) is 42.3 Å². The van der Waals surface area contributed by atoms with Gasteiger partial charge in [-0.05, 0) is 31.9 Å². The molecule has 3 heterocycles. The monoisotopic (exact) mass is 375 g/mol. The number of nitrogens with zero attached hydrogens (tertiary/aromatic N) is 5. The van der Waals surface area contributed by atoms with Crippen LogP contribution >= 0.6 is 0 Å². The lowest BCUT2D eigenvalue weighted by Crippen LogP contribution is -2.41. The summed E-state index contributed by atoms with van der Waals surface area (Å²) in [5, 5.41) is 3.81. The van der Waals surface area contributed by atoms with Crippen LogP contribution in [0.4, 0.5) is 0 Å². The van der Waals surface area contributed by atoms with Gasteiger partial charge in [-0.2, -0.15) is 4.98 Å². The topological polar surface area (TPSA) is 94.1 Å². The molecule has 0 bridgehead atoms. The van der Waals surface area contributed by atoms with Gasteiger partial charge in [0.15, 0.2) is 5.82 Å². The van der Waals surface area contributed by atoms with Crippen LogP contribution in [0.3, 0.4) is 0 Å². The molecular weight excluding hydrogens is 354 g/mol. The van der Waals surface area contributed by atoms with Gasteiger partial charge in [-0.1, -0.05) is 17.3 Å². The lowest BCUT2D eigenvalue weighted by Gasteiger charge is -2.30. The molecule has 1 aliphatic heterocycles. The Morgan fingerprint density at radius 2 is 2.15 bits per heavy atom. The second kappa shape index (κ2) is 6.81. The van der Waals surface area contributed by atoms with Crippen molar-refractivity contribution in [2.75, 3.05) is 18.8 Å². The summed E-state index contributed by atoms with van der Waals surface area (Å²) in [4.78, 5) is 8.57. The molecule has 4 rings (SSSR count). The van der Waals surface area contributed by atoms with Crippen molar-refractivity contribution in [2.45, 2.75) is 32.2 Å². The Bertz CT molecular complexity index is 1010. The van der Waals surface area contributed by atoms with Crippen LogP contribution in [0.5, 0.6) is 0 Å². The highest BCUT2D eigenvalue weighted by molar-refractivity contribution is 7.89. The average Bonchev–Trinajstić information content (AvgIpc) is 3.26. The SMILES string of the molecule is Cc1noc([C@@H]2CCCN(S(=O)(=O)CCn3cnc4ccccc43)C2)n1. The predicted octanol–water partition coefficient (Wildman–Crippen LogP) is 1.94. The number of aryl methyl sites for hydroxylation is 2. The fraction of sp³-hybridized carbons (Fsp3) is 0.471. The summed E-state index contributed by atoms with van der Waals surface area (Å²) in [6, 6.07) is 7.71. The Morgan fingerprint density at radius 1 is 1.31 bits per heavy atom. The van der Waals surface area contributed by atoms with Crippen LogP contribution in [-0.4, -0.2) is 51.3 Å². The molecule has 138 valence electrons.